The Morgan fingerprint density at radius 3 is 2.51 bits per heavy atom. The first-order valence-corrected chi connectivity index (χ1v) is 13.0. The molecule has 0 bridgehead atoms. The fourth-order valence-corrected chi connectivity index (χ4v) is 5.11. The molecule has 2 aliphatic heterocycles. The second kappa shape index (κ2) is 12.5. The Morgan fingerprint density at radius 1 is 1.08 bits per heavy atom. The topological polar surface area (TPSA) is 88.1 Å². The van der Waals surface area contributed by atoms with Gasteiger partial charge >= 0.3 is 12.1 Å². The summed E-state index contributed by atoms with van der Waals surface area (Å²) in [5.74, 6) is -1.07. The van der Waals surface area contributed by atoms with Crippen LogP contribution in [-0.2, 0) is 11.3 Å². The average Bonchev–Trinajstić information content (AvgIpc) is 3.57. The highest BCUT2D eigenvalue weighted by Gasteiger charge is 2.38. The van der Waals surface area contributed by atoms with Crippen molar-refractivity contribution < 1.29 is 41.7 Å². The smallest absolute Gasteiger partial charge is 0.486 e. The van der Waals surface area contributed by atoms with Crippen molar-refractivity contribution in [3.8, 4) is 22.6 Å². The van der Waals surface area contributed by atoms with Crippen molar-refractivity contribution in [3.05, 3.63) is 70.2 Å². The predicted octanol–water partition coefficient (Wildman–Crippen LogP) is 5.21. The number of halogens is 4. The molecule has 7 nitrogen and oxygen atoms in total. The van der Waals surface area contributed by atoms with Gasteiger partial charge in [-0.1, -0.05) is 24.3 Å². The maximum atomic E-state index is 14.0. The van der Waals surface area contributed by atoms with Crippen LogP contribution in [0.15, 0.2) is 53.9 Å². The van der Waals surface area contributed by atoms with Gasteiger partial charge in [0, 0.05) is 25.2 Å². The number of ether oxygens (including phenoxy) is 2. The Labute approximate surface area is 226 Å². The highest BCUT2D eigenvalue weighted by Crippen LogP contribution is 2.32. The number of alkyl halides is 3. The molecule has 39 heavy (non-hydrogen) atoms. The fraction of sp³-hybridized carbons (Fsp3) is 0.333. The van der Waals surface area contributed by atoms with Crippen LogP contribution in [0.4, 0.5) is 17.6 Å². The van der Waals surface area contributed by atoms with Gasteiger partial charge in [0.05, 0.1) is 4.88 Å². The zero-order valence-corrected chi connectivity index (χ0v) is 21.5. The van der Waals surface area contributed by atoms with Gasteiger partial charge in [-0.15, -0.1) is 11.3 Å². The highest BCUT2D eigenvalue weighted by atomic mass is 32.1. The second-order valence-corrected chi connectivity index (χ2v) is 9.97. The first-order chi connectivity index (χ1) is 18.6. The third-order valence-electron chi connectivity index (χ3n) is 6.18. The van der Waals surface area contributed by atoms with Crippen molar-refractivity contribution in [2.24, 2.45) is 5.92 Å². The number of fused-ring (bicyclic) bond motifs is 1. The van der Waals surface area contributed by atoms with Crippen molar-refractivity contribution in [1.82, 2.24) is 10.2 Å². The number of likely N-dealkylation sites (tertiary alicyclic amines) is 1. The fourth-order valence-electron chi connectivity index (χ4n) is 4.28. The van der Waals surface area contributed by atoms with E-state index >= 15 is 0 Å². The molecule has 0 aliphatic carbocycles. The van der Waals surface area contributed by atoms with Gasteiger partial charge in [-0.2, -0.15) is 13.2 Å². The Bertz CT molecular complexity index is 1310. The van der Waals surface area contributed by atoms with E-state index in [2.05, 4.69) is 22.3 Å². The standard InChI is InChI=1S/C25H25FN2O3S.C2HF3O2/c26-21-4-2-1-3-20(21)19-12-24(32-16-19)25(29)27-13-18-7-8-28(15-18)14-17-5-6-22-23(11-17)31-10-9-30-22;3-2(4,5)1(6)7/h1-6,11-12,16,18H,7-10,13-15H2,(H,27,29);(H,6,7). The molecule has 3 heterocycles. The van der Waals surface area contributed by atoms with E-state index in [1.54, 1.807) is 24.3 Å². The van der Waals surface area contributed by atoms with Crippen LogP contribution in [0, 0.1) is 11.7 Å². The summed E-state index contributed by atoms with van der Waals surface area (Å²) >= 11 is 1.35. The molecule has 208 valence electrons. The van der Waals surface area contributed by atoms with Crippen LogP contribution in [0.3, 0.4) is 0 Å². The number of carbonyl (C=O) groups is 2. The molecule has 2 aromatic carbocycles. The van der Waals surface area contributed by atoms with E-state index in [9.17, 15) is 22.4 Å². The van der Waals surface area contributed by atoms with Crippen molar-refractivity contribution in [1.29, 1.82) is 0 Å². The summed E-state index contributed by atoms with van der Waals surface area (Å²) in [5, 5.41) is 12.0. The maximum Gasteiger partial charge on any atom is 0.490 e. The minimum Gasteiger partial charge on any atom is -0.486 e. The van der Waals surface area contributed by atoms with Crippen LogP contribution in [0.25, 0.3) is 11.1 Å². The van der Waals surface area contributed by atoms with Crippen molar-refractivity contribution in [2.45, 2.75) is 19.1 Å². The van der Waals surface area contributed by atoms with E-state index in [0.717, 1.165) is 43.1 Å². The summed E-state index contributed by atoms with van der Waals surface area (Å²) in [6.07, 6.45) is -4.03. The van der Waals surface area contributed by atoms with Crippen LogP contribution in [-0.4, -0.2) is 60.9 Å². The zero-order chi connectivity index (χ0) is 28.0. The van der Waals surface area contributed by atoms with E-state index in [-0.39, 0.29) is 11.7 Å². The van der Waals surface area contributed by atoms with E-state index in [1.807, 2.05) is 11.4 Å². The molecule has 1 amide bonds. The monoisotopic (exact) mass is 566 g/mol. The zero-order valence-electron chi connectivity index (χ0n) is 20.7. The van der Waals surface area contributed by atoms with Gasteiger partial charge in [0.15, 0.2) is 11.5 Å². The SMILES string of the molecule is O=C(NCC1CCN(Cc2ccc3c(c2)OCCO3)C1)c1cc(-c2ccccc2F)cs1.O=C(O)C(F)(F)F. The summed E-state index contributed by atoms with van der Waals surface area (Å²) in [7, 11) is 0. The van der Waals surface area contributed by atoms with Gasteiger partial charge in [0.1, 0.15) is 19.0 Å². The maximum absolute atomic E-state index is 14.0. The number of carboxylic acid groups (broad SMARTS) is 1. The summed E-state index contributed by atoms with van der Waals surface area (Å²) in [5.41, 5.74) is 2.47. The largest absolute Gasteiger partial charge is 0.490 e. The van der Waals surface area contributed by atoms with Gasteiger partial charge in [-0.05, 0) is 59.7 Å². The van der Waals surface area contributed by atoms with Crippen molar-refractivity contribution in [2.75, 3.05) is 32.8 Å². The first kappa shape index (κ1) is 28.4. The molecular formula is C27H26F4N2O5S. The third kappa shape index (κ3) is 7.70. The van der Waals surface area contributed by atoms with Gasteiger partial charge in [0.2, 0.25) is 0 Å². The Balaban J connectivity index is 0.000000448. The van der Waals surface area contributed by atoms with E-state index < -0.39 is 12.1 Å². The molecule has 3 aromatic rings. The molecule has 1 atom stereocenters. The van der Waals surface area contributed by atoms with Crippen LogP contribution in [0.2, 0.25) is 0 Å². The molecule has 0 saturated carbocycles. The van der Waals surface area contributed by atoms with Gasteiger partial charge in [0.25, 0.3) is 5.91 Å². The summed E-state index contributed by atoms with van der Waals surface area (Å²) in [6, 6.07) is 14.5. The van der Waals surface area contributed by atoms with E-state index in [0.29, 0.717) is 36.1 Å². The third-order valence-corrected chi connectivity index (χ3v) is 7.11. The number of hydrogen-bond donors (Lipinski definition) is 2. The number of aliphatic carboxylic acids is 1. The first-order valence-electron chi connectivity index (χ1n) is 12.1. The van der Waals surface area contributed by atoms with Gasteiger partial charge in [-0.25, -0.2) is 9.18 Å². The quantitative estimate of drug-likeness (QED) is 0.399. The van der Waals surface area contributed by atoms with Gasteiger partial charge < -0.3 is 19.9 Å². The van der Waals surface area contributed by atoms with Crippen molar-refractivity contribution in [3.63, 3.8) is 0 Å². The lowest BCUT2D eigenvalue weighted by molar-refractivity contribution is -0.192. The Morgan fingerprint density at radius 2 is 1.79 bits per heavy atom. The lowest BCUT2D eigenvalue weighted by atomic mass is 10.1. The summed E-state index contributed by atoms with van der Waals surface area (Å²) in [4.78, 5) is 24.5. The molecule has 1 fully saturated rings. The van der Waals surface area contributed by atoms with E-state index in [4.69, 9.17) is 19.4 Å². The number of amides is 1. The Hall–Kier alpha value is -3.64. The minimum absolute atomic E-state index is 0.0946. The molecule has 0 radical (unpaired) electrons. The number of carbonyl (C=O) groups excluding carboxylic acids is 1. The Kier molecular flexibility index (Phi) is 9.08. The molecular weight excluding hydrogens is 540 g/mol. The molecule has 5 rings (SSSR count). The highest BCUT2D eigenvalue weighted by molar-refractivity contribution is 7.12. The number of nitrogens with zero attached hydrogens (tertiary/aromatic N) is 1. The number of benzene rings is 2. The van der Waals surface area contributed by atoms with Crippen LogP contribution < -0.4 is 14.8 Å². The number of carboxylic acids is 1. The molecule has 2 aliphatic rings. The molecule has 1 saturated heterocycles. The molecule has 1 unspecified atom stereocenters. The number of nitrogens with one attached hydrogen (secondary N) is 1. The lowest BCUT2D eigenvalue weighted by Gasteiger charge is -2.21. The van der Waals surface area contributed by atoms with Gasteiger partial charge in [-0.3, -0.25) is 9.69 Å². The van der Waals surface area contributed by atoms with Crippen LogP contribution in [0.1, 0.15) is 21.7 Å². The summed E-state index contributed by atoms with van der Waals surface area (Å²) in [6.45, 7) is 4.64. The molecule has 2 N–H and O–H groups in total. The summed E-state index contributed by atoms with van der Waals surface area (Å²) < 4.78 is 57.0. The minimum atomic E-state index is -5.08. The number of hydrogen-bond acceptors (Lipinski definition) is 6. The normalized spacial score (nSPS) is 16.8. The number of rotatable bonds is 6. The van der Waals surface area contributed by atoms with E-state index in [1.165, 1.54) is 23.0 Å². The van der Waals surface area contributed by atoms with Crippen LogP contribution >= 0.6 is 11.3 Å². The van der Waals surface area contributed by atoms with Crippen LogP contribution in [0.5, 0.6) is 11.5 Å². The lowest BCUT2D eigenvalue weighted by Crippen LogP contribution is -2.30. The average molecular weight is 567 g/mol. The second-order valence-electron chi connectivity index (χ2n) is 9.06. The number of thiophene rings is 1. The molecule has 12 heteroatoms. The molecule has 1 aromatic heterocycles. The molecule has 0 spiro atoms. The predicted molar refractivity (Wildman–Crippen MR) is 137 cm³/mol. The van der Waals surface area contributed by atoms with Crippen molar-refractivity contribution >= 4 is 23.2 Å².